The van der Waals surface area contributed by atoms with Crippen molar-refractivity contribution in [1.29, 1.82) is 0 Å². The topological polar surface area (TPSA) is 23.5 Å². The van der Waals surface area contributed by atoms with Crippen molar-refractivity contribution in [2.75, 3.05) is 13.2 Å². The van der Waals surface area contributed by atoms with Gasteiger partial charge >= 0.3 is 0 Å². The van der Waals surface area contributed by atoms with Crippen molar-refractivity contribution >= 4 is 0 Å². The van der Waals surface area contributed by atoms with Gasteiger partial charge in [0.2, 0.25) is 0 Å². The molecule has 0 aromatic heterocycles. The van der Waals surface area contributed by atoms with Crippen LogP contribution in [0.4, 0.5) is 0 Å². The second-order valence-corrected chi connectivity index (χ2v) is 7.28. The van der Waals surface area contributed by atoms with E-state index in [0.717, 1.165) is 6.04 Å². The molecule has 0 bridgehead atoms. The smallest absolute Gasteiger partial charge is 0.0586 e. The molecule has 1 atom stereocenters. The highest BCUT2D eigenvalue weighted by atomic mass is 16.3. The molecule has 0 spiro atoms. The third kappa shape index (κ3) is 7.97. The quantitative estimate of drug-likeness (QED) is 0.426. The molecule has 0 aromatic carbocycles. The molecule has 0 saturated carbocycles. The van der Waals surface area contributed by atoms with Crippen LogP contribution in [0, 0.1) is 0 Å². The van der Waals surface area contributed by atoms with Crippen molar-refractivity contribution in [2.45, 2.75) is 116 Å². The van der Waals surface area contributed by atoms with E-state index in [-0.39, 0.29) is 0 Å². The van der Waals surface area contributed by atoms with Gasteiger partial charge in [-0.2, -0.15) is 0 Å². The summed E-state index contributed by atoms with van der Waals surface area (Å²) in [7, 11) is 0. The minimum absolute atomic E-state index is 0.363. The maximum absolute atomic E-state index is 9.63. The lowest BCUT2D eigenvalue weighted by Gasteiger charge is -2.32. The van der Waals surface area contributed by atoms with E-state index in [2.05, 4.69) is 18.7 Å². The molecular formula is C20H41NO. The molecule has 1 aliphatic heterocycles. The zero-order chi connectivity index (χ0) is 16.0. The Morgan fingerprint density at radius 2 is 1.41 bits per heavy atom. The van der Waals surface area contributed by atoms with Crippen LogP contribution in [0.1, 0.15) is 104 Å². The van der Waals surface area contributed by atoms with Gasteiger partial charge in [-0.1, -0.05) is 78.1 Å². The van der Waals surface area contributed by atoms with Crippen molar-refractivity contribution < 1.29 is 5.11 Å². The summed E-state index contributed by atoms with van der Waals surface area (Å²) in [5.74, 6) is 0. The lowest BCUT2D eigenvalue weighted by molar-refractivity contribution is 0.106. The van der Waals surface area contributed by atoms with Gasteiger partial charge in [-0.05, 0) is 32.2 Å². The summed E-state index contributed by atoms with van der Waals surface area (Å²) in [6.07, 6.45) is 19.0. The Labute approximate surface area is 139 Å². The molecule has 132 valence electrons. The van der Waals surface area contributed by atoms with E-state index < -0.39 is 0 Å². The predicted molar refractivity (Wildman–Crippen MR) is 97.4 cm³/mol. The Morgan fingerprint density at radius 1 is 0.864 bits per heavy atom. The molecule has 1 aliphatic rings. The second-order valence-electron chi connectivity index (χ2n) is 7.28. The fourth-order valence-electron chi connectivity index (χ4n) is 3.98. The molecule has 1 fully saturated rings. The van der Waals surface area contributed by atoms with Crippen LogP contribution in [0.2, 0.25) is 0 Å². The normalized spacial score (nSPS) is 19.4. The molecule has 22 heavy (non-hydrogen) atoms. The SMILES string of the molecule is CCCCCCCC(CCCCCCC)N1CCCC1CO. The minimum Gasteiger partial charge on any atom is -0.395 e. The van der Waals surface area contributed by atoms with Crippen molar-refractivity contribution in [1.82, 2.24) is 4.90 Å². The zero-order valence-electron chi connectivity index (χ0n) is 15.4. The molecule has 1 heterocycles. The van der Waals surface area contributed by atoms with E-state index >= 15 is 0 Å². The molecule has 1 rings (SSSR count). The van der Waals surface area contributed by atoms with Crippen LogP contribution in [0.25, 0.3) is 0 Å². The van der Waals surface area contributed by atoms with Crippen LogP contribution in [-0.4, -0.2) is 35.2 Å². The number of aliphatic hydroxyl groups excluding tert-OH is 1. The Morgan fingerprint density at radius 3 is 1.91 bits per heavy atom. The first-order valence-corrected chi connectivity index (χ1v) is 10.2. The molecule has 2 heteroatoms. The molecule has 0 aliphatic carbocycles. The van der Waals surface area contributed by atoms with Gasteiger partial charge < -0.3 is 5.11 Å². The lowest BCUT2D eigenvalue weighted by Crippen LogP contribution is -2.41. The molecule has 2 nitrogen and oxygen atoms in total. The molecule has 1 saturated heterocycles. The van der Waals surface area contributed by atoms with Crippen LogP contribution < -0.4 is 0 Å². The summed E-state index contributed by atoms with van der Waals surface area (Å²) in [6.45, 7) is 6.16. The summed E-state index contributed by atoms with van der Waals surface area (Å²) in [5.41, 5.74) is 0. The summed E-state index contributed by atoms with van der Waals surface area (Å²) >= 11 is 0. The monoisotopic (exact) mass is 311 g/mol. The Hall–Kier alpha value is -0.0800. The third-order valence-electron chi connectivity index (χ3n) is 5.38. The summed E-state index contributed by atoms with van der Waals surface area (Å²) < 4.78 is 0. The summed E-state index contributed by atoms with van der Waals surface area (Å²) in [5, 5.41) is 9.63. The van der Waals surface area contributed by atoms with Crippen LogP contribution >= 0.6 is 0 Å². The zero-order valence-corrected chi connectivity index (χ0v) is 15.4. The van der Waals surface area contributed by atoms with Crippen LogP contribution in [-0.2, 0) is 0 Å². The number of unbranched alkanes of at least 4 members (excludes halogenated alkanes) is 8. The molecular weight excluding hydrogens is 270 g/mol. The van der Waals surface area contributed by atoms with Gasteiger partial charge in [-0.15, -0.1) is 0 Å². The number of nitrogens with zero attached hydrogens (tertiary/aromatic N) is 1. The number of hydrogen-bond donors (Lipinski definition) is 1. The first kappa shape index (κ1) is 20.0. The van der Waals surface area contributed by atoms with E-state index in [4.69, 9.17) is 0 Å². The van der Waals surface area contributed by atoms with Gasteiger partial charge in [-0.3, -0.25) is 4.90 Å². The van der Waals surface area contributed by atoms with E-state index in [1.54, 1.807) is 0 Å². The first-order valence-electron chi connectivity index (χ1n) is 10.2. The van der Waals surface area contributed by atoms with Gasteiger partial charge in [0.25, 0.3) is 0 Å². The standard InChI is InChI=1S/C20H41NO/c1-3-5-7-9-11-14-19(15-12-10-8-6-4-2)21-17-13-16-20(21)18-22/h19-20,22H,3-18H2,1-2H3. The number of aliphatic hydroxyl groups is 1. The number of hydrogen-bond acceptors (Lipinski definition) is 2. The van der Waals surface area contributed by atoms with Gasteiger partial charge in [-0.25, -0.2) is 0 Å². The lowest BCUT2D eigenvalue weighted by atomic mass is 9.98. The van der Waals surface area contributed by atoms with Crippen LogP contribution in [0.5, 0.6) is 0 Å². The Bertz CT molecular complexity index is 230. The van der Waals surface area contributed by atoms with Crippen molar-refractivity contribution in [3.05, 3.63) is 0 Å². The molecule has 1 unspecified atom stereocenters. The number of rotatable bonds is 14. The van der Waals surface area contributed by atoms with Gasteiger partial charge in [0, 0.05) is 12.1 Å². The minimum atomic E-state index is 0.363. The van der Waals surface area contributed by atoms with E-state index in [9.17, 15) is 5.11 Å². The fraction of sp³-hybridized carbons (Fsp3) is 1.00. The Kier molecular flexibility index (Phi) is 12.1. The van der Waals surface area contributed by atoms with Crippen molar-refractivity contribution in [2.24, 2.45) is 0 Å². The molecule has 1 N–H and O–H groups in total. The second kappa shape index (κ2) is 13.4. The highest BCUT2D eigenvalue weighted by Crippen LogP contribution is 2.26. The number of likely N-dealkylation sites (tertiary alicyclic amines) is 1. The molecule has 0 aromatic rings. The maximum atomic E-state index is 9.63. The fourth-order valence-corrected chi connectivity index (χ4v) is 3.98. The van der Waals surface area contributed by atoms with Crippen molar-refractivity contribution in [3.8, 4) is 0 Å². The Balaban J connectivity index is 2.32. The largest absolute Gasteiger partial charge is 0.395 e. The average molecular weight is 312 g/mol. The highest BCUT2D eigenvalue weighted by Gasteiger charge is 2.29. The first-order chi connectivity index (χ1) is 10.8. The summed E-state index contributed by atoms with van der Waals surface area (Å²) in [4.78, 5) is 2.65. The molecule has 0 amide bonds. The third-order valence-corrected chi connectivity index (χ3v) is 5.38. The van der Waals surface area contributed by atoms with Gasteiger partial charge in [0.05, 0.1) is 6.61 Å². The predicted octanol–water partition coefficient (Wildman–Crippen LogP) is 5.53. The van der Waals surface area contributed by atoms with Crippen molar-refractivity contribution in [3.63, 3.8) is 0 Å². The summed E-state index contributed by atoms with van der Waals surface area (Å²) in [6, 6.07) is 1.19. The van der Waals surface area contributed by atoms with Gasteiger partial charge in [0.15, 0.2) is 0 Å². The van der Waals surface area contributed by atoms with Gasteiger partial charge in [0.1, 0.15) is 0 Å². The van der Waals surface area contributed by atoms with Crippen LogP contribution in [0.15, 0.2) is 0 Å². The van der Waals surface area contributed by atoms with E-state index in [1.807, 2.05) is 0 Å². The average Bonchev–Trinajstić information content (AvgIpc) is 3.01. The van der Waals surface area contributed by atoms with Crippen LogP contribution in [0.3, 0.4) is 0 Å². The maximum Gasteiger partial charge on any atom is 0.0586 e. The highest BCUT2D eigenvalue weighted by molar-refractivity contribution is 4.84. The van der Waals surface area contributed by atoms with E-state index in [1.165, 1.54) is 96.4 Å². The molecule has 0 radical (unpaired) electrons. The van der Waals surface area contributed by atoms with E-state index in [0.29, 0.717) is 12.6 Å².